The normalized spacial score (nSPS) is 22.2. The van der Waals surface area contributed by atoms with E-state index in [9.17, 15) is 5.11 Å². The lowest BCUT2D eigenvalue weighted by molar-refractivity contribution is 0.147. The number of aliphatic hydroxyl groups is 1. The topological polar surface area (TPSA) is 111 Å². The maximum Gasteiger partial charge on any atom is 0.143 e. The van der Waals surface area contributed by atoms with Gasteiger partial charge in [-0.2, -0.15) is 0 Å². The van der Waals surface area contributed by atoms with Gasteiger partial charge in [0.2, 0.25) is 0 Å². The van der Waals surface area contributed by atoms with Crippen molar-refractivity contribution in [2.75, 3.05) is 30.8 Å². The number of hydrogen-bond acceptors (Lipinski definition) is 7. The fraction of sp³-hybridized carbons (Fsp3) is 0.565. The summed E-state index contributed by atoms with van der Waals surface area (Å²) >= 11 is 0. The van der Waals surface area contributed by atoms with Gasteiger partial charge in [-0.25, -0.2) is 9.97 Å². The number of hydrogen-bond donors (Lipinski definition) is 3. The molecule has 7 nitrogen and oxygen atoms in total. The number of aliphatic hydroxyl groups excluding tert-OH is 1. The summed E-state index contributed by atoms with van der Waals surface area (Å²) < 4.78 is 6.51. The zero-order valence-corrected chi connectivity index (χ0v) is 18.2. The molecule has 5 N–H and O–H groups in total. The van der Waals surface area contributed by atoms with Crippen LogP contribution in [0.15, 0.2) is 18.5 Å². The fourth-order valence-electron chi connectivity index (χ4n) is 4.98. The molecule has 1 fully saturated rings. The van der Waals surface area contributed by atoms with E-state index in [1.807, 2.05) is 13.1 Å². The molecule has 7 heteroatoms. The van der Waals surface area contributed by atoms with Crippen molar-refractivity contribution in [2.45, 2.75) is 63.5 Å². The van der Waals surface area contributed by atoms with E-state index < -0.39 is 0 Å². The molecule has 2 aliphatic rings. The van der Waals surface area contributed by atoms with E-state index in [2.05, 4.69) is 34.8 Å². The second-order valence-corrected chi connectivity index (χ2v) is 9.28. The molecular formula is C23H33N5O2. The summed E-state index contributed by atoms with van der Waals surface area (Å²) in [6.07, 6.45) is 6.43. The number of rotatable bonds is 5. The number of nitrogens with two attached hydrogens (primary N) is 2. The molecule has 0 saturated heterocycles. The third-order valence-electron chi connectivity index (χ3n) is 6.50. The average Bonchev–Trinajstić information content (AvgIpc) is 2.69. The molecule has 0 bridgehead atoms. The van der Waals surface area contributed by atoms with Crippen LogP contribution < -0.4 is 21.1 Å². The van der Waals surface area contributed by atoms with Crippen LogP contribution in [0.2, 0.25) is 0 Å². The van der Waals surface area contributed by atoms with Gasteiger partial charge in [0, 0.05) is 30.8 Å². The number of nitrogens with zero attached hydrogens (tertiary/aromatic N) is 3. The van der Waals surface area contributed by atoms with E-state index in [1.54, 1.807) is 0 Å². The van der Waals surface area contributed by atoms with E-state index in [0.717, 1.165) is 60.4 Å². The number of likely N-dealkylation sites (N-methyl/N-ethyl adjacent to an activating group) is 1. The predicted molar refractivity (Wildman–Crippen MR) is 120 cm³/mol. The van der Waals surface area contributed by atoms with Gasteiger partial charge in [0.15, 0.2) is 0 Å². The van der Waals surface area contributed by atoms with Gasteiger partial charge in [0.05, 0.1) is 24.1 Å². The SMILES string of the molecule is CN(CCO)c1c(O[C@H]2CC[C@H](N)CC2)ccc2c1CC(C)(C)c1c(N)ncnc1-2. The summed E-state index contributed by atoms with van der Waals surface area (Å²) in [7, 11) is 2.01. The second kappa shape index (κ2) is 8.04. The third kappa shape index (κ3) is 3.72. The number of anilines is 2. The molecule has 1 saturated carbocycles. The Balaban J connectivity index is 1.81. The number of aromatic nitrogens is 2. The summed E-state index contributed by atoms with van der Waals surface area (Å²) in [6.45, 7) is 4.97. The lowest BCUT2D eigenvalue weighted by Crippen LogP contribution is -2.33. The van der Waals surface area contributed by atoms with Crippen LogP contribution in [0.4, 0.5) is 11.5 Å². The molecule has 0 spiro atoms. The molecule has 162 valence electrons. The monoisotopic (exact) mass is 411 g/mol. The van der Waals surface area contributed by atoms with E-state index >= 15 is 0 Å². The van der Waals surface area contributed by atoms with E-state index in [4.69, 9.17) is 16.2 Å². The molecule has 0 aliphatic heterocycles. The zero-order valence-electron chi connectivity index (χ0n) is 18.2. The number of ether oxygens (including phenoxy) is 1. The molecular weight excluding hydrogens is 378 g/mol. The van der Waals surface area contributed by atoms with E-state index in [1.165, 1.54) is 11.9 Å². The first-order valence-corrected chi connectivity index (χ1v) is 10.8. The van der Waals surface area contributed by atoms with Crippen molar-refractivity contribution >= 4 is 11.5 Å². The van der Waals surface area contributed by atoms with Crippen LogP contribution in [0.25, 0.3) is 11.3 Å². The summed E-state index contributed by atoms with van der Waals surface area (Å²) in [6, 6.07) is 4.42. The van der Waals surface area contributed by atoms with Crippen LogP contribution in [0.5, 0.6) is 5.75 Å². The fourth-order valence-corrected chi connectivity index (χ4v) is 4.98. The van der Waals surface area contributed by atoms with Gasteiger partial charge in [0.1, 0.15) is 17.9 Å². The standard InChI is InChI=1S/C23H33N5O2/c1-23(2)12-17-16(20-19(23)22(25)27-13-26-20)8-9-18(21(17)28(3)10-11-29)30-15-6-4-14(24)5-7-15/h8-9,13-15,29H,4-7,10-12,24H2,1-3H3,(H2,25,26,27)/t14-,15-. The lowest BCUT2D eigenvalue weighted by Gasteiger charge is -2.37. The molecule has 2 aliphatic carbocycles. The van der Waals surface area contributed by atoms with Crippen molar-refractivity contribution in [2.24, 2.45) is 5.73 Å². The first-order chi connectivity index (χ1) is 14.3. The smallest absolute Gasteiger partial charge is 0.143 e. The van der Waals surface area contributed by atoms with Crippen LogP contribution in [-0.2, 0) is 11.8 Å². The van der Waals surface area contributed by atoms with Crippen molar-refractivity contribution in [3.8, 4) is 17.0 Å². The van der Waals surface area contributed by atoms with Crippen LogP contribution in [0.1, 0.15) is 50.7 Å². The Morgan fingerprint density at radius 3 is 2.63 bits per heavy atom. The summed E-state index contributed by atoms with van der Waals surface area (Å²) in [5, 5.41) is 9.61. The highest BCUT2D eigenvalue weighted by Crippen LogP contribution is 2.49. The van der Waals surface area contributed by atoms with Crippen LogP contribution >= 0.6 is 0 Å². The maximum absolute atomic E-state index is 9.61. The highest BCUT2D eigenvalue weighted by Gasteiger charge is 2.37. The minimum atomic E-state index is -0.210. The van der Waals surface area contributed by atoms with Gasteiger partial charge < -0.3 is 26.2 Å². The highest BCUT2D eigenvalue weighted by atomic mass is 16.5. The summed E-state index contributed by atoms with van der Waals surface area (Å²) in [4.78, 5) is 10.9. The molecule has 0 radical (unpaired) electrons. The van der Waals surface area contributed by atoms with Crippen LogP contribution in [0, 0.1) is 0 Å². The van der Waals surface area contributed by atoms with Crippen molar-refractivity contribution in [1.29, 1.82) is 0 Å². The van der Waals surface area contributed by atoms with E-state index in [-0.39, 0.29) is 24.2 Å². The molecule has 2 aromatic rings. The summed E-state index contributed by atoms with van der Waals surface area (Å²) in [5.41, 5.74) is 17.3. The van der Waals surface area contributed by atoms with Gasteiger partial charge in [-0.3, -0.25) is 0 Å². The number of benzene rings is 1. The number of nitrogen functional groups attached to an aromatic ring is 1. The minimum Gasteiger partial charge on any atom is -0.488 e. The zero-order chi connectivity index (χ0) is 21.5. The molecule has 0 atom stereocenters. The Hall–Kier alpha value is -2.38. The Labute approximate surface area is 178 Å². The Morgan fingerprint density at radius 1 is 1.20 bits per heavy atom. The van der Waals surface area contributed by atoms with Crippen molar-refractivity contribution in [3.05, 3.63) is 29.6 Å². The molecule has 1 heterocycles. The molecule has 30 heavy (non-hydrogen) atoms. The molecule has 0 amide bonds. The van der Waals surface area contributed by atoms with Gasteiger partial charge in [-0.05, 0) is 55.2 Å². The molecule has 1 aromatic carbocycles. The Morgan fingerprint density at radius 2 is 1.93 bits per heavy atom. The second-order valence-electron chi connectivity index (χ2n) is 9.28. The minimum absolute atomic E-state index is 0.0764. The lowest BCUT2D eigenvalue weighted by atomic mass is 9.71. The van der Waals surface area contributed by atoms with E-state index in [0.29, 0.717) is 12.4 Å². The molecule has 1 aromatic heterocycles. The Kier molecular flexibility index (Phi) is 5.59. The third-order valence-corrected chi connectivity index (χ3v) is 6.50. The summed E-state index contributed by atoms with van der Waals surface area (Å²) in [5.74, 6) is 1.41. The Bertz CT molecular complexity index is 922. The average molecular weight is 412 g/mol. The first kappa shape index (κ1) is 20.9. The van der Waals surface area contributed by atoms with Crippen molar-refractivity contribution in [3.63, 3.8) is 0 Å². The van der Waals surface area contributed by atoms with Crippen LogP contribution in [0.3, 0.4) is 0 Å². The quantitative estimate of drug-likeness (QED) is 0.693. The van der Waals surface area contributed by atoms with Crippen LogP contribution in [-0.4, -0.2) is 47.4 Å². The molecule has 0 unspecified atom stereocenters. The molecule has 4 rings (SSSR count). The van der Waals surface area contributed by atoms with Gasteiger partial charge in [-0.15, -0.1) is 0 Å². The van der Waals surface area contributed by atoms with Crippen molar-refractivity contribution < 1.29 is 9.84 Å². The first-order valence-electron chi connectivity index (χ1n) is 10.8. The van der Waals surface area contributed by atoms with Crippen molar-refractivity contribution in [1.82, 2.24) is 9.97 Å². The predicted octanol–water partition coefficient (Wildman–Crippen LogP) is 2.64. The van der Waals surface area contributed by atoms with Gasteiger partial charge in [-0.1, -0.05) is 13.8 Å². The largest absolute Gasteiger partial charge is 0.488 e. The van der Waals surface area contributed by atoms with Gasteiger partial charge in [0.25, 0.3) is 0 Å². The maximum atomic E-state index is 9.61. The number of fused-ring (bicyclic) bond motifs is 3. The van der Waals surface area contributed by atoms with Gasteiger partial charge >= 0.3 is 0 Å². The highest BCUT2D eigenvalue weighted by molar-refractivity contribution is 5.83.